The summed E-state index contributed by atoms with van der Waals surface area (Å²) in [6, 6.07) is 0.765. The molecule has 84 valence electrons. The lowest BCUT2D eigenvalue weighted by molar-refractivity contribution is 0.132. The van der Waals surface area contributed by atoms with Gasteiger partial charge in [-0.2, -0.15) is 0 Å². The van der Waals surface area contributed by atoms with Gasteiger partial charge in [0.05, 0.1) is 0 Å². The molecule has 0 aliphatic carbocycles. The van der Waals surface area contributed by atoms with Gasteiger partial charge < -0.3 is 15.5 Å². The molecule has 3 nitrogen and oxygen atoms in total. The van der Waals surface area contributed by atoms with Crippen LogP contribution >= 0.6 is 0 Å². The number of rotatable bonds is 5. The third-order valence-corrected chi connectivity index (χ3v) is 3.14. The van der Waals surface area contributed by atoms with Gasteiger partial charge in [-0.1, -0.05) is 0 Å². The molecule has 0 radical (unpaired) electrons. The average Bonchev–Trinajstić information content (AvgIpc) is 2.19. The van der Waals surface area contributed by atoms with Gasteiger partial charge in [-0.15, -0.1) is 0 Å². The second kappa shape index (κ2) is 6.38. The van der Waals surface area contributed by atoms with Crippen LogP contribution in [-0.2, 0) is 0 Å². The van der Waals surface area contributed by atoms with Gasteiger partial charge in [0.2, 0.25) is 0 Å². The first kappa shape index (κ1) is 12.0. The van der Waals surface area contributed by atoms with Crippen LogP contribution in [0.25, 0.3) is 0 Å². The Labute approximate surface area is 88.2 Å². The standard InChI is InChI=1S/C11H25N3/c1-13(2)11-6-5-9-14(10-11)8-4-3-7-12/h11H,3-10,12H2,1-2H3. The van der Waals surface area contributed by atoms with Crippen molar-refractivity contribution in [2.45, 2.75) is 31.7 Å². The van der Waals surface area contributed by atoms with E-state index >= 15 is 0 Å². The average molecular weight is 199 g/mol. The summed E-state index contributed by atoms with van der Waals surface area (Å²) in [5, 5.41) is 0. The van der Waals surface area contributed by atoms with E-state index in [1.54, 1.807) is 0 Å². The van der Waals surface area contributed by atoms with E-state index in [4.69, 9.17) is 5.73 Å². The Balaban J connectivity index is 2.19. The van der Waals surface area contributed by atoms with E-state index < -0.39 is 0 Å². The van der Waals surface area contributed by atoms with E-state index in [-0.39, 0.29) is 0 Å². The van der Waals surface area contributed by atoms with E-state index in [1.807, 2.05) is 0 Å². The molecule has 1 heterocycles. The van der Waals surface area contributed by atoms with Gasteiger partial charge in [0.1, 0.15) is 0 Å². The minimum Gasteiger partial charge on any atom is -0.330 e. The van der Waals surface area contributed by atoms with Crippen LogP contribution in [0, 0.1) is 0 Å². The van der Waals surface area contributed by atoms with Crippen molar-refractivity contribution in [3.8, 4) is 0 Å². The van der Waals surface area contributed by atoms with Gasteiger partial charge in [0.25, 0.3) is 0 Å². The molecule has 1 aliphatic heterocycles. The smallest absolute Gasteiger partial charge is 0.0217 e. The summed E-state index contributed by atoms with van der Waals surface area (Å²) in [5.41, 5.74) is 5.49. The molecule has 1 saturated heterocycles. The van der Waals surface area contributed by atoms with Crippen molar-refractivity contribution in [3.05, 3.63) is 0 Å². The molecule has 0 amide bonds. The van der Waals surface area contributed by atoms with Crippen molar-refractivity contribution >= 4 is 0 Å². The first-order valence-electron chi connectivity index (χ1n) is 5.83. The van der Waals surface area contributed by atoms with Gasteiger partial charge >= 0.3 is 0 Å². The summed E-state index contributed by atoms with van der Waals surface area (Å²) in [5.74, 6) is 0. The zero-order valence-corrected chi connectivity index (χ0v) is 9.71. The number of likely N-dealkylation sites (tertiary alicyclic amines) is 1. The summed E-state index contributed by atoms with van der Waals surface area (Å²) in [6.07, 6.45) is 5.14. The topological polar surface area (TPSA) is 32.5 Å². The van der Waals surface area contributed by atoms with E-state index in [2.05, 4.69) is 23.9 Å². The maximum Gasteiger partial charge on any atom is 0.0217 e. The second-order valence-corrected chi connectivity index (χ2v) is 4.56. The fraction of sp³-hybridized carbons (Fsp3) is 1.00. The molecule has 1 atom stereocenters. The third kappa shape index (κ3) is 3.95. The number of likely N-dealkylation sites (N-methyl/N-ethyl adjacent to an activating group) is 1. The quantitative estimate of drug-likeness (QED) is 0.663. The highest BCUT2D eigenvalue weighted by Crippen LogP contribution is 2.13. The van der Waals surface area contributed by atoms with E-state index in [0.29, 0.717) is 0 Å². The maximum absolute atomic E-state index is 5.49. The van der Waals surface area contributed by atoms with Crippen molar-refractivity contribution in [1.29, 1.82) is 0 Å². The molecule has 1 fully saturated rings. The number of piperidine rings is 1. The summed E-state index contributed by atoms with van der Waals surface area (Å²) < 4.78 is 0. The largest absolute Gasteiger partial charge is 0.330 e. The van der Waals surface area contributed by atoms with Crippen LogP contribution in [0.5, 0.6) is 0 Å². The van der Waals surface area contributed by atoms with Crippen molar-refractivity contribution in [3.63, 3.8) is 0 Å². The zero-order chi connectivity index (χ0) is 10.4. The van der Waals surface area contributed by atoms with Crippen molar-refractivity contribution < 1.29 is 0 Å². The molecule has 3 heteroatoms. The predicted molar refractivity (Wildman–Crippen MR) is 61.4 cm³/mol. The van der Waals surface area contributed by atoms with E-state index in [9.17, 15) is 0 Å². The highest BCUT2D eigenvalue weighted by Gasteiger charge is 2.20. The van der Waals surface area contributed by atoms with Crippen molar-refractivity contribution in [1.82, 2.24) is 9.80 Å². The van der Waals surface area contributed by atoms with Gasteiger partial charge in [0, 0.05) is 12.6 Å². The number of nitrogens with two attached hydrogens (primary N) is 1. The molecule has 2 N–H and O–H groups in total. The highest BCUT2D eigenvalue weighted by molar-refractivity contribution is 4.77. The van der Waals surface area contributed by atoms with Gasteiger partial charge in [-0.3, -0.25) is 0 Å². The molecular formula is C11H25N3. The Morgan fingerprint density at radius 3 is 2.79 bits per heavy atom. The monoisotopic (exact) mass is 199 g/mol. The zero-order valence-electron chi connectivity index (χ0n) is 9.71. The molecule has 0 spiro atoms. The summed E-state index contributed by atoms with van der Waals surface area (Å²) in [7, 11) is 4.38. The molecule has 0 aromatic rings. The van der Waals surface area contributed by atoms with E-state index in [0.717, 1.165) is 12.6 Å². The lowest BCUT2D eigenvalue weighted by atomic mass is 10.0. The van der Waals surface area contributed by atoms with Crippen LogP contribution in [0.4, 0.5) is 0 Å². The van der Waals surface area contributed by atoms with Crippen LogP contribution in [0.1, 0.15) is 25.7 Å². The number of hydrogen-bond acceptors (Lipinski definition) is 3. The first-order valence-corrected chi connectivity index (χ1v) is 5.83. The lowest BCUT2D eigenvalue weighted by Crippen LogP contribution is -2.45. The first-order chi connectivity index (χ1) is 6.74. The van der Waals surface area contributed by atoms with Crippen molar-refractivity contribution in [2.24, 2.45) is 5.73 Å². The van der Waals surface area contributed by atoms with Crippen LogP contribution < -0.4 is 5.73 Å². The summed E-state index contributed by atoms with van der Waals surface area (Å²) >= 11 is 0. The molecule has 1 aliphatic rings. The molecule has 0 saturated carbocycles. The lowest BCUT2D eigenvalue weighted by Gasteiger charge is -2.36. The molecule has 1 rings (SSSR count). The molecule has 0 aromatic heterocycles. The van der Waals surface area contributed by atoms with Crippen molar-refractivity contribution in [2.75, 3.05) is 40.3 Å². The Morgan fingerprint density at radius 2 is 2.14 bits per heavy atom. The predicted octanol–water partition coefficient (Wildman–Crippen LogP) is 0.751. The Bertz CT molecular complexity index is 147. The summed E-state index contributed by atoms with van der Waals surface area (Å²) in [6.45, 7) is 4.61. The molecular weight excluding hydrogens is 174 g/mol. The highest BCUT2D eigenvalue weighted by atomic mass is 15.2. The summed E-state index contributed by atoms with van der Waals surface area (Å²) in [4.78, 5) is 4.94. The fourth-order valence-corrected chi connectivity index (χ4v) is 2.14. The maximum atomic E-state index is 5.49. The normalized spacial score (nSPS) is 24.4. The van der Waals surface area contributed by atoms with Crippen LogP contribution in [0.2, 0.25) is 0 Å². The van der Waals surface area contributed by atoms with E-state index in [1.165, 1.54) is 45.3 Å². The van der Waals surface area contributed by atoms with Crippen LogP contribution in [0.3, 0.4) is 0 Å². The number of nitrogens with zero attached hydrogens (tertiary/aromatic N) is 2. The second-order valence-electron chi connectivity index (χ2n) is 4.56. The van der Waals surface area contributed by atoms with Gasteiger partial charge in [-0.25, -0.2) is 0 Å². The molecule has 0 aromatic carbocycles. The molecule has 1 unspecified atom stereocenters. The third-order valence-electron chi connectivity index (χ3n) is 3.14. The van der Waals surface area contributed by atoms with Crippen LogP contribution in [0.15, 0.2) is 0 Å². The Hall–Kier alpha value is -0.120. The minimum atomic E-state index is 0.765. The minimum absolute atomic E-state index is 0.765. The number of unbranched alkanes of at least 4 members (excludes halogenated alkanes) is 1. The van der Waals surface area contributed by atoms with Gasteiger partial charge in [-0.05, 0) is 59.4 Å². The van der Waals surface area contributed by atoms with Crippen LogP contribution in [-0.4, -0.2) is 56.1 Å². The Kier molecular flexibility index (Phi) is 5.45. The SMILES string of the molecule is CN(C)C1CCCN(CCCCN)C1. The molecule has 0 bridgehead atoms. The number of hydrogen-bond donors (Lipinski definition) is 1. The van der Waals surface area contributed by atoms with Gasteiger partial charge in [0.15, 0.2) is 0 Å². The molecule has 14 heavy (non-hydrogen) atoms. The fourth-order valence-electron chi connectivity index (χ4n) is 2.14. The Morgan fingerprint density at radius 1 is 1.36 bits per heavy atom.